The molecule has 2 aromatic carbocycles. The monoisotopic (exact) mass is 560 g/mol. The molecule has 0 heterocycles. The lowest BCUT2D eigenvalue weighted by atomic mass is 10.3. The van der Waals surface area contributed by atoms with E-state index in [-0.39, 0.29) is 0 Å². The predicted octanol–water partition coefficient (Wildman–Crippen LogP) is 7.29. The van der Waals surface area contributed by atoms with Crippen molar-refractivity contribution in [1.82, 2.24) is 0 Å². The number of halogens is 5. The first-order valence-electron chi connectivity index (χ1n) is 4.75. The third-order valence-corrected chi connectivity index (χ3v) is 6.36. The molecule has 2 rings (SSSR count). The first-order valence-corrected chi connectivity index (χ1v) is 8.71. The summed E-state index contributed by atoms with van der Waals surface area (Å²) in [6.07, 6.45) is 0. The molecule has 0 unspecified atom stereocenters. The van der Waals surface area contributed by atoms with Crippen LogP contribution in [-0.4, -0.2) is 0 Å². The second kappa shape index (κ2) is 6.39. The van der Waals surface area contributed by atoms with Crippen LogP contribution in [0.5, 0.6) is 11.5 Å². The van der Waals surface area contributed by atoms with E-state index in [1.807, 2.05) is 30.3 Å². The summed E-state index contributed by atoms with van der Waals surface area (Å²) in [4.78, 5) is 0. The van der Waals surface area contributed by atoms with Gasteiger partial charge in [0.25, 0.3) is 0 Å². The fraction of sp³-hybridized carbons (Fsp3) is 0. The molecule has 0 atom stereocenters. The fourth-order valence-corrected chi connectivity index (χ4v) is 3.78. The van der Waals surface area contributed by atoms with Crippen molar-refractivity contribution in [2.45, 2.75) is 0 Å². The van der Waals surface area contributed by atoms with E-state index in [1.165, 1.54) is 0 Å². The van der Waals surface area contributed by atoms with Crippen molar-refractivity contribution >= 4 is 79.6 Å². The average Bonchev–Trinajstić information content (AvgIpc) is 2.29. The summed E-state index contributed by atoms with van der Waals surface area (Å²) in [6.45, 7) is 0. The van der Waals surface area contributed by atoms with Gasteiger partial charge in [-0.05, 0) is 94.1 Å². The molecule has 1 nitrogen and oxygen atoms in total. The highest BCUT2D eigenvalue weighted by atomic mass is 79.9. The lowest BCUT2D eigenvalue weighted by Crippen LogP contribution is -1.86. The van der Waals surface area contributed by atoms with Crippen molar-refractivity contribution in [1.29, 1.82) is 0 Å². The first kappa shape index (κ1) is 15.0. The Morgan fingerprint density at radius 3 is 1.89 bits per heavy atom. The number of ether oxygens (including phenoxy) is 1. The number of rotatable bonds is 2. The molecule has 0 aliphatic rings. The molecule has 94 valence electrons. The summed E-state index contributed by atoms with van der Waals surface area (Å²) in [5.41, 5.74) is 0. The Hall–Kier alpha value is 0.640. The summed E-state index contributed by atoms with van der Waals surface area (Å²) < 4.78 is 10.6. The topological polar surface area (TPSA) is 9.23 Å². The highest BCUT2D eigenvalue weighted by Crippen LogP contribution is 2.38. The average molecular weight is 565 g/mol. The fourth-order valence-electron chi connectivity index (χ4n) is 1.28. The van der Waals surface area contributed by atoms with Crippen LogP contribution in [0.15, 0.2) is 52.7 Å². The molecule has 18 heavy (non-hydrogen) atoms. The smallest absolute Gasteiger partial charge is 0.141 e. The second-order valence-electron chi connectivity index (χ2n) is 3.38. The molecule has 0 radical (unpaired) electrons. The number of hydrogen-bond acceptors (Lipinski definition) is 1. The molecule has 0 saturated carbocycles. The van der Waals surface area contributed by atoms with Crippen molar-refractivity contribution in [2.24, 2.45) is 0 Å². The summed E-state index contributed by atoms with van der Waals surface area (Å²) in [5.74, 6) is 1.51. The number of benzene rings is 2. The van der Waals surface area contributed by atoms with Gasteiger partial charge in [-0.3, -0.25) is 0 Å². The Kier molecular flexibility index (Phi) is 5.34. The predicted molar refractivity (Wildman–Crippen MR) is 91.5 cm³/mol. The third kappa shape index (κ3) is 3.60. The van der Waals surface area contributed by atoms with E-state index in [0.29, 0.717) is 0 Å². The zero-order chi connectivity index (χ0) is 13.3. The third-order valence-electron chi connectivity index (χ3n) is 2.08. The van der Waals surface area contributed by atoms with E-state index in [1.54, 1.807) is 0 Å². The van der Waals surface area contributed by atoms with Crippen molar-refractivity contribution in [3.05, 3.63) is 52.7 Å². The van der Waals surface area contributed by atoms with Gasteiger partial charge in [0.1, 0.15) is 11.5 Å². The van der Waals surface area contributed by atoms with Crippen LogP contribution in [0.3, 0.4) is 0 Å². The van der Waals surface area contributed by atoms with Crippen LogP contribution in [0.2, 0.25) is 0 Å². The van der Waals surface area contributed by atoms with Crippen LogP contribution in [0.4, 0.5) is 0 Å². The van der Waals surface area contributed by atoms with Gasteiger partial charge in [0.2, 0.25) is 0 Å². The van der Waals surface area contributed by atoms with Gasteiger partial charge in [-0.1, -0.05) is 15.9 Å². The van der Waals surface area contributed by atoms with Gasteiger partial charge in [-0.25, -0.2) is 0 Å². The summed E-state index contributed by atoms with van der Waals surface area (Å²) in [6, 6.07) is 9.59. The van der Waals surface area contributed by atoms with Gasteiger partial charge in [0.15, 0.2) is 0 Å². The number of hydrogen-bond donors (Lipinski definition) is 0. The molecule has 0 aliphatic heterocycles. The van der Waals surface area contributed by atoms with Crippen molar-refractivity contribution in [3.63, 3.8) is 0 Å². The van der Waals surface area contributed by atoms with Crippen molar-refractivity contribution in [3.8, 4) is 11.5 Å². The summed E-state index contributed by atoms with van der Waals surface area (Å²) in [7, 11) is 0. The van der Waals surface area contributed by atoms with Gasteiger partial charge in [-0.15, -0.1) is 0 Å². The van der Waals surface area contributed by atoms with E-state index >= 15 is 0 Å². The Balaban J connectivity index is 2.34. The van der Waals surface area contributed by atoms with Gasteiger partial charge < -0.3 is 4.74 Å². The molecule has 0 aliphatic carbocycles. The Morgan fingerprint density at radius 1 is 0.722 bits per heavy atom. The summed E-state index contributed by atoms with van der Waals surface area (Å²) in [5, 5.41) is 0. The van der Waals surface area contributed by atoms with Crippen LogP contribution in [0.1, 0.15) is 0 Å². The van der Waals surface area contributed by atoms with E-state index in [0.717, 1.165) is 33.9 Å². The molecule has 0 N–H and O–H groups in total. The van der Waals surface area contributed by atoms with Crippen LogP contribution in [-0.2, 0) is 0 Å². The molecule has 6 heteroatoms. The van der Waals surface area contributed by atoms with Gasteiger partial charge >= 0.3 is 0 Å². The molecule has 0 aromatic heterocycles. The zero-order valence-electron chi connectivity index (χ0n) is 8.68. The van der Waals surface area contributed by atoms with Gasteiger partial charge in [0.05, 0.1) is 4.47 Å². The minimum Gasteiger partial charge on any atom is -0.456 e. The minimum absolute atomic E-state index is 0.750. The molecule has 0 saturated heterocycles. The zero-order valence-corrected chi connectivity index (χ0v) is 16.6. The molecule has 0 spiro atoms. The molecular weight excluding hydrogens is 560 g/mol. The first-order chi connectivity index (χ1) is 8.47. The van der Waals surface area contributed by atoms with Gasteiger partial charge in [-0.2, -0.15) is 0 Å². The molecule has 2 aromatic rings. The Morgan fingerprint density at radius 2 is 1.33 bits per heavy atom. The Labute approximate surface area is 147 Å². The van der Waals surface area contributed by atoms with Gasteiger partial charge in [0, 0.05) is 17.9 Å². The standard InChI is InChI=1S/C12H5Br5O/c13-6-1-2-11(8(14)3-6)18-7-4-9(15)12(17)10(16)5-7/h1-5H. The maximum atomic E-state index is 5.83. The SMILES string of the molecule is Brc1ccc(Oc2cc(Br)c(Br)c(Br)c2)c(Br)c1. The molecule has 0 amide bonds. The highest BCUT2D eigenvalue weighted by molar-refractivity contribution is 9.14. The van der Waals surface area contributed by atoms with Crippen LogP contribution < -0.4 is 4.74 Å². The lowest BCUT2D eigenvalue weighted by molar-refractivity contribution is 0.478. The van der Waals surface area contributed by atoms with E-state index in [4.69, 9.17) is 4.74 Å². The molecular formula is C12H5Br5O. The van der Waals surface area contributed by atoms with E-state index in [9.17, 15) is 0 Å². The second-order valence-corrected chi connectivity index (χ2v) is 7.65. The van der Waals surface area contributed by atoms with Crippen LogP contribution in [0, 0.1) is 0 Å². The minimum atomic E-state index is 0.750. The lowest BCUT2D eigenvalue weighted by Gasteiger charge is -2.10. The largest absolute Gasteiger partial charge is 0.456 e. The molecule has 0 bridgehead atoms. The van der Waals surface area contributed by atoms with Crippen molar-refractivity contribution < 1.29 is 4.74 Å². The van der Waals surface area contributed by atoms with Crippen LogP contribution >= 0.6 is 79.6 Å². The quantitative estimate of drug-likeness (QED) is 0.348. The van der Waals surface area contributed by atoms with Crippen molar-refractivity contribution in [2.75, 3.05) is 0 Å². The summed E-state index contributed by atoms with van der Waals surface area (Å²) >= 11 is 17.3. The molecule has 0 fully saturated rings. The maximum Gasteiger partial charge on any atom is 0.141 e. The maximum absolute atomic E-state index is 5.83. The van der Waals surface area contributed by atoms with Crippen LogP contribution in [0.25, 0.3) is 0 Å². The normalized spacial score (nSPS) is 10.5. The highest BCUT2D eigenvalue weighted by Gasteiger charge is 2.08. The van der Waals surface area contributed by atoms with E-state index < -0.39 is 0 Å². The Bertz CT molecular complexity index is 574. The van der Waals surface area contributed by atoms with E-state index in [2.05, 4.69) is 79.6 Å².